The summed E-state index contributed by atoms with van der Waals surface area (Å²) in [6.07, 6.45) is 2.76. The van der Waals surface area contributed by atoms with E-state index in [9.17, 15) is 4.79 Å². The van der Waals surface area contributed by atoms with Gasteiger partial charge in [0.05, 0.1) is 0 Å². The third-order valence-electron chi connectivity index (χ3n) is 1.32. The van der Waals surface area contributed by atoms with Gasteiger partial charge in [-0.2, -0.15) is 0 Å². The Morgan fingerprint density at radius 2 is 2.00 bits per heavy atom. The van der Waals surface area contributed by atoms with Crippen LogP contribution < -0.4 is 16.8 Å². The Kier molecular flexibility index (Phi) is 3.28. The normalized spacial score (nSPS) is 11.5. The fraction of sp³-hybridized carbons (Fsp3) is 0.429. The molecule has 0 aliphatic heterocycles. The maximum atomic E-state index is 10.7. The number of carbonyl (C=O) groups excluding carboxylic acids is 1. The van der Waals surface area contributed by atoms with E-state index in [4.69, 9.17) is 16.9 Å². The maximum absolute atomic E-state index is 10.7. The zero-order valence-electron chi connectivity index (χ0n) is 7.22. The number of amidine groups is 1. The molecule has 0 heterocycles. The van der Waals surface area contributed by atoms with Crippen LogP contribution in [-0.2, 0) is 4.79 Å². The number of carbonyl (C=O) groups is 1. The van der Waals surface area contributed by atoms with Crippen LogP contribution in [0, 0.1) is 5.41 Å². The molecule has 0 rings (SSSR count). The average Bonchev–Trinajstić information content (AvgIpc) is 1.85. The van der Waals surface area contributed by atoms with Gasteiger partial charge in [-0.25, -0.2) is 0 Å². The van der Waals surface area contributed by atoms with E-state index in [2.05, 4.69) is 5.32 Å². The Labute approximate surface area is 71.3 Å². The minimum atomic E-state index is -0.814. The molecule has 0 saturated heterocycles. The largest absolute Gasteiger partial charge is 0.384 e. The van der Waals surface area contributed by atoms with Crippen LogP contribution in [-0.4, -0.2) is 17.3 Å². The number of nitrogens with two attached hydrogens (primary N) is 2. The lowest BCUT2D eigenvalue weighted by atomic mass is 10.1. The first kappa shape index (κ1) is 10.5. The van der Waals surface area contributed by atoms with Gasteiger partial charge in [0, 0.05) is 6.20 Å². The van der Waals surface area contributed by atoms with Gasteiger partial charge in [-0.3, -0.25) is 10.2 Å². The minimum Gasteiger partial charge on any atom is -0.384 e. The second-order valence-electron chi connectivity index (χ2n) is 2.92. The smallest absolute Gasteiger partial charge is 0.242 e. The molecule has 0 radical (unpaired) electrons. The van der Waals surface area contributed by atoms with Crippen LogP contribution in [0.2, 0.25) is 0 Å². The molecule has 0 aliphatic rings. The van der Waals surface area contributed by atoms with Crippen molar-refractivity contribution < 1.29 is 4.79 Å². The molecule has 0 saturated carbocycles. The highest BCUT2D eigenvalue weighted by molar-refractivity contribution is 5.88. The zero-order chi connectivity index (χ0) is 9.78. The summed E-state index contributed by atoms with van der Waals surface area (Å²) in [6.45, 7) is 3.28. The van der Waals surface area contributed by atoms with Crippen LogP contribution in [0.3, 0.4) is 0 Å². The number of hydrogen-bond donors (Lipinski definition) is 4. The van der Waals surface area contributed by atoms with Gasteiger partial charge in [0.15, 0.2) is 0 Å². The Balaban J connectivity index is 4.09. The van der Waals surface area contributed by atoms with Crippen molar-refractivity contribution in [2.45, 2.75) is 19.4 Å². The minimum absolute atomic E-state index is 0.0808. The first-order valence-electron chi connectivity index (χ1n) is 3.44. The van der Waals surface area contributed by atoms with Crippen molar-refractivity contribution in [1.29, 1.82) is 5.41 Å². The summed E-state index contributed by atoms with van der Waals surface area (Å²) < 4.78 is 0. The molecule has 0 unspecified atom stereocenters. The van der Waals surface area contributed by atoms with E-state index in [1.54, 1.807) is 13.8 Å². The molecule has 0 aromatic rings. The predicted molar refractivity (Wildman–Crippen MR) is 47.5 cm³/mol. The molecule has 6 N–H and O–H groups in total. The molecule has 0 aromatic carbocycles. The van der Waals surface area contributed by atoms with Crippen LogP contribution in [0.25, 0.3) is 0 Å². The van der Waals surface area contributed by atoms with E-state index in [0.29, 0.717) is 0 Å². The molecule has 0 aliphatic carbocycles. The first-order chi connectivity index (χ1) is 5.36. The summed E-state index contributed by atoms with van der Waals surface area (Å²) in [5.41, 5.74) is 9.29. The average molecular weight is 170 g/mol. The molecule has 0 fully saturated rings. The summed E-state index contributed by atoms with van der Waals surface area (Å²) in [6, 6.07) is 0. The van der Waals surface area contributed by atoms with E-state index < -0.39 is 11.4 Å². The Morgan fingerprint density at radius 3 is 2.33 bits per heavy atom. The molecule has 0 bridgehead atoms. The highest BCUT2D eigenvalue weighted by Crippen LogP contribution is 1.98. The summed E-state index contributed by atoms with van der Waals surface area (Å²) >= 11 is 0. The molecule has 5 heteroatoms. The summed E-state index contributed by atoms with van der Waals surface area (Å²) in [4.78, 5) is 10.7. The third kappa shape index (κ3) is 3.60. The molecule has 1 amide bonds. The molecular formula is C7H14N4O. The fourth-order valence-corrected chi connectivity index (χ4v) is 0.411. The van der Waals surface area contributed by atoms with E-state index in [0.717, 1.165) is 0 Å². The summed E-state index contributed by atoms with van der Waals surface area (Å²) in [5, 5.41) is 9.56. The van der Waals surface area contributed by atoms with Crippen LogP contribution in [0.4, 0.5) is 0 Å². The van der Waals surface area contributed by atoms with Gasteiger partial charge in [0.25, 0.3) is 0 Å². The predicted octanol–water partition coefficient (Wildman–Crippen LogP) is -0.710. The second kappa shape index (κ2) is 3.75. The standard InChI is InChI=1S/C7H14N4O/c1-7(2,6(10)12)11-4-3-5(8)9/h3-4,11H,1-2H3,(H3,8,9)(H2,10,12)/b4-3-. The van der Waals surface area contributed by atoms with Crippen LogP contribution in [0.5, 0.6) is 0 Å². The van der Waals surface area contributed by atoms with Crippen molar-refractivity contribution in [2.24, 2.45) is 11.5 Å². The molecule has 5 nitrogen and oxygen atoms in total. The lowest BCUT2D eigenvalue weighted by Gasteiger charge is -2.20. The topological polar surface area (TPSA) is 105 Å². The van der Waals surface area contributed by atoms with Crippen molar-refractivity contribution in [3.05, 3.63) is 12.3 Å². The van der Waals surface area contributed by atoms with Gasteiger partial charge in [0.2, 0.25) is 5.91 Å². The highest BCUT2D eigenvalue weighted by Gasteiger charge is 2.22. The van der Waals surface area contributed by atoms with E-state index in [-0.39, 0.29) is 5.84 Å². The Morgan fingerprint density at radius 1 is 1.50 bits per heavy atom. The monoisotopic (exact) mass is 170 g/mol. The highest BCUT2D eigenvalue weighted by atomic mass is 16.1. The third-order valence-corrected chi connectivity index (χ3v) is 1.32. The van der Waals surface area contributed by atoms with Crippen molar-refractivity contribution in [2.75, 3.05) is 0 Å². The van der Waals surface area contributed by atoms with Gasteiger partial charge in [-0.15, -0.1) is 0 Å². The van der Waals surface area contributed by atoms with Crippen LogP contribution in [0.1, 0.15) is 13.8 Å². The van der Waals surface area contributed by atoms with E-state index in [1.165, 1.54) is 12.3 Å². The SMILES string of the molecule is CC(C)(N/C=C\C(=N)N)C(N)=O. The Hall–Kier alpha value is -1.52. The van der Waals surface area contributed by atoms with Crippen molar-refractivity contribution in [1.82, 2.24) is 5.32 Å². The van der Waals surface area contributed by atoms with Gasteiger partial charge < -0.3 is 16.8 Å². The molecule has 68 valence electrons. The Bertz CT molecular complexity index is 219. The number of amides is 1. The molecular weight excluding hydrogens is 156 g/mol. The number of hydrogen-bond acceptors (Lipinski definition) is 3. The maximum Gasteiger partial charge on any atom is 0.242 e. The summed E-state index contributed by atoms with van der Waals surface area (Å²) in [5.74, 6) is -0.543. The molecule has 0 aromatic heterocycles. The van der Waals surface area contributed by atoms with Gasteiger partial charge in [0.1, 0.15) is 11.4 Å². The molecule has 0 spiro atoms. The van der Waals surface area contributed by atoms with Crippen molar-refractivity contribution in [3.63, 3.8) is 0 Å². The number of rotatable bonds is 4. The van der Waals surface area contributed by atoms with Gasteiger partial charge in [-0.1, -0.05) is 0 Å². The zero-order valence-corrected chi connectivity index (χ0v) is 7.22. The lowest BCUT2D eigenvalue weighted by Crippen LogP contribution is -2.48. The van der Waals surface area contributed by atoms with Crippen LogP contribution >= 0.6 is 0 Å². The number of primary amides is 1. The van der Waals surface area contributed by atoms with Gasteiger partial charge in [-0.05, 0) is 19.9 Å². The molecule has 12 heavy (non-hydrogen) atoms. The molecule has 0 atom stereocenters. The van der Waals surface area contributed by atoms with E-state index >= 15 is 0 Å². The van der Waals surface area contributed by atoms with Crippen molar-refractivity contribution in [3.8, 4) is 0 Å². The quantitative estimate of drug-likeness (QED) is 0.331. The van der Waals surface area contributed by atoms with Gasteiger partial charge >= 0.3 is 0 Å². The summed E-state index contributed by atoms with van der Waals surface area (Å²) in [7, 11) is 0. The second-order valence-corrected chi connectivity index (χ2v) is 2.92. The first-order valence-corrected chi connectivity index (χ1v) is 3.44. The fourth-order valence-electron chi connectivity index (χ4n) is 0.411. The lowest BCUT2D eigenvalue weighted by molar-refractivity contribution is -0.122. The van der Waals surface area contributed by atoms with Crippen molar-refractivity contribution >= 4 is 11.7 Å². The van der Waals surface area contributed by atoms with Crippen LogP contribution in [0.15, 0.2) is 12.3 Å². The number of nitrogens with one attached hydrogen (secondary N) is 2. The van der Waals surface area contributed by atoms with E-state index in [1.807, 2.05) is 0 Å².